The molecule has 0 aromatic heterocycles. The number of ether oxygens (including phenoxy) is 1. The van der Waals surface area contributed by atoms with Gasteiger partial charge in [-0.25, -0.2) is 0 Å². The van der Waals surface area contributed by atoms with Gasteiger partial charge in [-0.1, -0.05) is 38.1 Å². The van der Waals surface area contributed by atoms with Gasteiger partial charge in [0.25, 0.3) is 0 Å². The van der Waals surface area contributed by atoms with Crippen molar-refractivity contribution in [2.45, 2.75) is 58.6 Å². The zero-order chi connectivity index (χ0) is 19.2. The first-order chi connectivity index (χ1) is 13.0. The Morgan fingerprint density at radius 3 is 2.33 bits per heavy atom. The van der Waals surface area contributed by atoms with E-state index in [0.717, 1.165) is 11.4 Å². The number of thiocarbonyl (C=S) groups is 1. The van der Waals surface area contributed by atoms with Crippen molar-refractivity contribution in [1.29, 1.82) is 0 Å². The first-order valence-corrected chi connectivity index (χ1v) is 10.3. The fourth-order valence-corrected chi connectivity index (χ4v) is 3.91. The van der Waals surface area contributed by atoms with E-state index in [9.17, 15) is 0 Å². The van der Waals surface area contributed by atoms with Crippen molar-refractivity contribution < 1.29 is 4.74 Å². The lowest BCUT2D eigenvalue weighted by Gasteiger charge is -2.26. The Labute approximate surface area is 168 Å². The fraction of sp³-hybridized carbons (Fsp3) is 0.435. The molecule has 2 aromatic carbocycles. The van der Waals surface area contributed by atoms with Gasteiger partial charge in [-0.15, -0.1) is 0 Å². The van der Waals surface area contributed by atoms with Crippen LogP contribution < -0.4 is 15.4 Å². The molecule has 144 valence electrons. The van der Waals surface area contributed by atoms with Crippen LogP contribution >= 0.6 is 12.2 Å². The number of hydrogen-bond donors (Lipinski definition) is 2. The molecule has 2 N–H and O–H groups in total. The minimum atomic E-state index is 0.177. The first kappa shape index (κ1) is 19.7. The van der Waals surface area contributed by atoms with Crippen molar-refractivity contribution in [2.24, 2.45) is 5.92 Å². The Bertz CT molecular complexity index is 751. The molecule has 4 heteroatoms. The van der Waals surface area contributed by atoms with Gasteiger partial charge in [0.15, 0.2) is 5.11 Å². The molecule has 27 heavy (non-hydrogen) atoms. The summed E-state index contributed by atoms with van der Waals surface area (Å²) in [4.78, 5) is 0. The van der Waals surface area contributed by atoms with Gasteiger partial charge >= 0.3 is 0 Å². The van der Waals surface area contributed by atoms with Gasteiger partial charge in [0.05, 0.1) is 12.1 Å². The first-order valence-electron chi connectivity index (χ1n) is 9.92. The maximum atomic E-state index is 6.03. The lowest BCUT2D eigenvalue weighted by molar-refractivity contribution is 0.210. The largest absolute Gasteiger partial charge is 0.490 e. The smallest absolute Gasteiger partial charge is 0.171 e. The van der Waals surface area contributed by atoms with Crippen molar-refractivity contribution in [1.82, 2.24) is 5.32 Å². The summed E-state index contributed by atoms with van der Waals surface area (Å²) in [5, 5.41) is 7.43. The predicted molar refractivity (Wildman–Crippen MR) is 117 cm³/mol. The second-order valence-electron chi connectivity index (χ2n) is 7.73. The molecule has 1 aliphatic rings. The molecule has 1 unspecified atom stereocenters. The maximum Gasteiger partial charge on any atom is 0.171 e. The van der Waals surface area contributed by atoms with Gasteiger partial charge in [-0.2, -0.15) is 0 Å². The number of nitrogens with one attached hydrogen (secondary N) is 2. The Balaban J connectivity index is 1.59. The van der Waals surface area contributed by atoms with E-state index >= 15 is 0 Å². The lowest BCUT2D eigenvalue weighted by Crippen LogP contribution is -2.35. The Hall–Kier alpha value is -2.07. The summed E-state index contributed by atoms with van der Waals surface area (Å²) in [6, 6.07) is 16.7. The van der Waals surface area contributed by atoms with E-state index in [1.165, 1.54) is 36.8 Å². The van der Waals surface area contributed by atoms with E-state index in [0.29, 0.717) is 17.1 Å². The van der Waals surface area contributed by atoms with E-state index in [-0.39, 0.29) is 6.04 Å². The van der Waals surface area contributed by atoms with Crippen LogP contribution in [0.4, 0.5) is 5.69 Å². The van der Waals surface area contributed by atoms with E-state index < -0.39 is 0 Å². The number of anilines is 1. The SMILES string of the molecule is Cc1ccccc1C(NC(=S)Nc1ccc(OC2CCCC2)cc1)C(C)C. The Morgan fingerprint density at radius 2 is 1.70 bits per heavy atom. The van der Waals surface area contributed by atoms with Gasteiger partial charge < -0.3 is 15.4 Å². The van der Waals surface area contributed by atoms with Gasteiger partial charge in [0.1, 0.15) is 5.75 Å². The molecule has 0 amide bonds. The molecule has 2 aromatic rings. The second-order valence-corrected chi connectivity index (χ2v) is 8.13. The molecule has 0 spiro atoms. The van der Waals surface area contributed by atoms with Gasteiger partial charge in [0, 0.05) is 5.69 Å². The molecule has 0 radical (unpaired) electrons. The topological polar surface area (TPSA) is 33.3 Å². The van der Waals surface area contributed by atoms with Gasteiger partial charge in [-0.3, -0.25) is 0 Å². The summed E-state index contributed by atoms with van der Waals surface area (Å²) in [6.07, 6.45) is 5.28. The molecule has 0 aliphatic heterocycles. The Morgan fingerprint density at radius 1 is 1.04 bits per heavy atom. The molecular formula is C23H30N2OS. The van der Waals surface area contributed by atoms with E-state index in [1.807, 2.05) is 24.3 Å². The van der Waals surface area contributed by atoms with Crippen molar-refractivity contribution in [3.63, 3.8) is 0 Å². The standard InChI is InChI=1S/C23H30N2OS/c1-16(2)22(21-11-7-4-8-17(21)3)25-23(27)24-18-12-14-20(15-13-18)26-19-9-5-6-10-19/h4,7-8,11-16,19,22H,5-6,9-10H2,1-3H3,(H2,24,25,27). The molecule has 0 bridgehead atoms. The summed E-state index contributed by atoms with van der Waals surface area (Å²) < 4.78 is 6.03. The summed E-state index contributed by atoms with van der Waals surface area (Å²) in [6.45, 7) is 6.57. The highest BCUT2D eigenvalue weighted by molar-refractivity contribution is 7.80. The highest BCUT2D eigenvalue weighted by Gasteiger charge is 2.19. The lowest BCUT2D eigenvalue weighted by atomic mass is 9.93. The maximum absolute atomic E-state index is 6.03. The van der Waals surface area contributed by atoms with Crippen LogP contribution in [-0.2, 0) is 0 Å². The molecule has 1 atom stereocenters. The second kappa shape index (κ2) is 9.23. The Kier molecular flexibility index (Phi) is 6.73. The quantitative estimate of drug-likeness (QED) is 0.600. The van der Waals surface area contributed by atoms with Crippen molar-refractivity contribution >= 4 is 23.0 Å². The predicted octanol–water partition coefficient (Wildman–Crippen LogP) is 6.00. The number of aryl methyl sites for hydroxylation is 1. The van der Waals surface area contributed by atoms with Crippen LogP contribution in [0.3, 0.4) is 0 Å². The minimum Gasteiger partial charge on any atom is -0.490 e. The third kappa shape index (κ3) is 5.46. The van der Waals surface area contributed by atoms with Crippen LogP contribution in [0.25, 0.3) is 0 Å². The van der Waals surface area contributed by atoms with Crippen molar-refractivity contribution in [3.8, 4) is 5.75 Å². The van der Waals surface area contributed by atoms with Crippen LogP contribution in [0.2, 0.25) is 0 Å². The molecule has 3 nitrogen and oxygen atoms in total. The number of rotatable bonds is 6. The summed E-state index contributed by atoms with van der Waals surface area (Å²) in [5.74, 6) is 1.36. The van der Waals surface area contributed by atoms with Crippen LogP contribution in [0.1, 0.15) is 56.7 Å². The molecule has 1 aliphatic carbocycles. The molecule has 0 saturated heterocycles. The third-order valence-corrected chi connectivity index (χ3v) is 5.41. The molecule has 3 rings (SSSR count). The highest BCUT2D eigenvalue weighted by atomic mass is 32.1. The zero-order valence-electron chi connectivity index (χ0n) is 16.5. The van der Waals surface area contributed by atoms with Crippen LogP contribution in [0, 0.1) is 12.8 Å². The van der Waals surface area contributed by atoms with Crippen molar-refractivity contribution in [3.05, 3.63) is 59.7 Å². The molecular weight excluding hydrogens is 352 g/mol. The third-order valence-electron chi connectivity index (χ3n) is 5.19. The monoisotopic (exact) mass is 382 g/mol. The molecule has 0 heterocycles. The summed E-state index contributed by atoms with van der Waals surface area (Å²) in [7, 11) is 0. The van der Waals surface area contributed by atoms with E-state index in [2.05, 4.69) is 55.7 Å². The van der Waals surface area contributed by atoms with Crippen LogP contribution in [0.15, 0.2) is 48.5 Å². The molecule has 1 fully saturated rings. The van der Waals surface area contributed by atoms with Crippen LogP contribution in [-0.4, -0.2) is 11.2 Å². The summed E-state index contributed by atoms with van der Waals surface area (Å²) in [5.41, 5.74) is 3.54. The average molecular weight is 383 g/mol. The summed E-state index contributed by atoms with van der Waals surface area (Å²) >= 11 is 5.57. The van der Waals surface area contributed by atoms with Crippen molar-refractivity contribution in [2.75, 3.05) is 5.32 Å². The minimum absolute atomic E-state index is 0.177. The van der Waals surface area contributed by atoms with Gasteiger partial charge in [-0.05, 0) is 86.1 Å². The number of hydrogen-bond acceptors (Lipinski definition) is 2. The number of benzene rings is 2. The highest BCUT2D eigenvalue weighted by Crippen LogP contribution is 2.26. The van der Waals surface area contributed by atoms with E-state index in [1.54, 1.807) is 0 Å². The van der Waals surface area contributed by atoms with E-state index in [4.69, 9.17) is 17.0 Å². The van der Waals surface area contributed by atoms with Crippen LogP contribution in [0.5, 0.6) is 5.75 Å². The molecule has 1 saturated carbocycles. The van der Waals surface area contributed by atoms with Gasteiger partial charge in [0.2, 0.25) is 0 Å². The fourth-order valence-electron chi connectivity index (χ4n) is 3.66. The zero-order valence-corrected chi connectivity index (χ0v) is 17.3. The normalized spacial score (nSPS) is 15.6. The average Bonchev–Trinajstić information content (AvgIpc) is 3.15.